The first-order valence-corrected chi connectivity index (χ1v) is 7.07. The number of ether oxygens (including phenoxy) is 1. The Morgan fingerprint density at radius 1 is 1.30 bits per heavy atom. The fraction of sp³-hybridized carbons (Fsp3) is 0.0714. The number of hydrogen-bond acceptors (Lipinski definition) is 2. The van der Waals surface area contributed by atoms with Crippen molar-refractivity contribution in [3.8, 4) is 5.75 Å². The molecule has 0 atom stereocenters. The summed E-state index contributed by atoms with van der Waals surface area (Å²) in [6.45, 7) is -0.0907. The molecule has 2 aromatic carbocycles. The lowest BCUT2D eigenvalue weighted by atomic mass is 10.2. The number of carbonyl (C=O) groups is 1. The van der Waals surface area contributed by atoms with Crippen molar-refractivity contribution in [2.45, 2.75) is 6.61 Å². The minimum Gasteiger partial charge on any atom is -0.487 e. The van der Waals surface area contributed by atoms with Crippen LogP contribution in [0.15, 0.2) is 34.8 Å². The highest BCUT2D eigenvalue weighted by Crippen LogP contribution is 2.33. The molecule has 0 spiro atoms. The van der Waals surface area contributed by atoms with E-state index in [1.165, 1.54) is 18.2 Å². The maximum Gasteiger partial charge on any atom is 0.153 e. The molecule has 0 aliphatic heterocycles. The number of rotatable bonds is 4. The van der Waals surface area contributed by atoms with Gasteiger partial charge in [0.05, 0.1) is 15.1 Å². The molecule has 0 amide bonds. The van der Waals surface area contributed by atoms with Crippen molar-refractivity contribution < 1.29 is 13.9 Å². The molecule has 20 heavy (non-hydrogen) atoms. The summed E-state index contributed by atoms with van der Waals surface area (Å²) in [4.78, 5) is 11.0. The predicted octanol–water partition coefficient (Wildman–Crippen LogP) is 5.29. The van der Waals surface area contributed by atoms with E-state index >= 15 is 0 Å². The van der Waals surface area contributed by atoms with Gasteiger partial charge in [-0.1, -0.05) is 29.3 Å². The third kappa shape index (κ3) is 3.32. The Bertz CT molecular complexity index is 642. The minimum absolute atomic E-state index is 0.0907. The standard InChI is InChI=1S/C14H8BrCl2FO2/c15-11-5-9(16)4-8(6-19)14(11)20-7-10-12(17)2-1-3-13(10)18/h1-6H,7H2. The zero-order chi connectivity index (χ0) is 14.7. The van der Waals surface area contributed by atoms with Crippen LogP contribution in [0, 0.1) is 5.82 Å². The SMILES string of the molecule is O=Cc1cc(Cl)cc(Br)c1OCc1c(F)cccc1Cl. The molecule has 0 saturated carbocycles. The molecule has 0 saturated heterocycles. The van der Waals surface area contributed by atoms with Crippen LogP contribution in [0.5, 0.6) is 5.75 Å². The number of aldehydes is 1. The van der Waals surface area contributed by atoms with E-state index in [1.54, 1.807) is 12.1 Å². The van der Waals surface area contributed by atoms with Crippen LogP contribution >= 0.6 is 39.1 Å². The third-order valence-electron chi connectivity index (χ3n) is 2.59. The molecule has 0 aliphatic rings. The Morgan fingerprint density at radius 3 is 2.70 bits per heavy atom. The molecule has 0 aromatic heterocycles. The minimum atomic E-state index is -0.463. The molecular weight excluding hydrogens is 370 g/mol. The molecular formula is C14H8BrCl2FO2. The Kier molecular flexibility index (Phi) is 5.02. The number of benzene rings is 2. The average Bonchev–Trinajstić information content (AvgIpc) is 2.39. The fourth-order valence-electron chi connectivity index (χ4n) is 1.63. The third-order valence-corrected chi connectivity index (χ3v) is 3.75. The molecule has 0 bridgehead atoms. The smallest absolute Gasteiger partial charge is 0.153 e. The van der Waals surface area contributed by atoms with Gasteiger partial charge in [-0.3, -0.25) is 4.79 Å². The van der Waals surface area contributed by atoms with Crippen molar-refractivity contribution >= 4 is 45.4 Å². The second-order valence-electron chi connectivity index (χ2n) is 3.91. The van der Waals surface area contributed by atoms with Gasteiger partial charge < -0.3 is 4.74 Å². The predicted molar refractivity (Wildman–Crippen MR) is 80.3 cm³/mol. The molecule has 0 aliphatic carbocycles. The maximum atomic E-state index is 13.6. The number of halogens is 4. The van der Waals surface area contributed by atoms with Gasteiger partial charge in [-0.2, -0.15) is 0 Å². The normalized spacial score (nSPS) is 10.4. The molecule has 0 N–H and O–H groups in total. The Balaban J connectivity index is 2.30. The first kappa shape index (κ1) is 15.3. The largest absolute Gasteiger partial charge is 0.487 e. The van der Waals surface area contributed by atoms with Crippen LogP contribution in [-0.2, 0) is 6.61 Å². The van der Waals surface area contributed by atoms with Gasteiger partial charge in [0.15, 0.2) is 6.29 Å². The van der Waals surface area contributed by atoms with Gasteiger partial charge in [0, 0.05) is 10.6 Å². The second-order valence-corrected chi connectivity index (χ2v) is 5.61. The highest BCUT2D eigenvalue weighted by atomic mass is 79.9. The van der Waals surface area contributed by atoms with Crippen molar-refractivity contribution in [1.82, 2.24) is 0 Å². The van der Waals surface area contributed by atoms with Crippen LogP contribution in [0.3, 0.4) is 0 Å². The van der Waals surface area contributed by atoms with E-state index in [2.05, 4.69) is 15.9 Å². The topological polar surface area (TPSA) is 26.3 Å². The van der Waals surface area contributed by atoms with Crippen LogP contribution < -0.4 is 4.74 Å². The maximum absolute atomic E-state index is 13.6. The Labute approximate surface area is 133 Å². The van der Waals surface area contributed by atoms with Crippen LogP contribution in [0.1, 0.15) is 15.9 Å². The van der Waals surface area contributed by atoms with E-state index in [-0.39, 0.29) is 22.8 Å². The highest BCUT2D eigenvalue weighted by Gasteiger charge is 2.13. The van der Waals surface area contributed by atoms with Crippen molar-refractivity contribution in [2.75, 3.05) is 0 Å². The van der Waals surface area contributed by atoms with Gasteiger partial charge in [0.2, 0.25) is 0 Å². The van der Waals surface area contributed by atoms with Gasteiger partial charge in [0.1, 0.15) is 18.2 Å². The molecule has 2 aromatic rings. The number of carbonyl (C=O) groups excluding carboxylic acids is 1. The summed E-state index contributed by atoms with van der Waals surface area (Å²) < 4.78 is 19.6. The van der Waals surface area contributed by atoms with E-state index in [0.717, 1.165) is 0 Å². The summed E-state index contributed by atoms with van der Waals surface area (Å²) in [6, 6.07) is 7.43. The van der Waals surface area contributed by atoms with Crippen LogP contribution in [0.4, 0.5) is 4.39 Å². The molecule has 6 heteroatoms. The summed E-state index contributed by atoms with van der Waals surface area (Å²) in [6.07, 6.45) is 0.620. The first-order chi connectivity index (χ1) is 9.52. The summed E-state index contributed by atoms with van der Waals surface area (Å²) in [5.41, 5.74) is 0.504. The molecule has 0 fully saturated rings. The lowest BCUT2D eigenvalue weighted by Crippen LogP contribution is -2.02. The molecule has 0 unspecified atom stereocenters. The van der Waals surface area contributed by atoms with Crippen molar-refractivity contribution in [3.05, 3.63) is 61.8 Å². The summed E-state index contributed by atoms with van der Waals surface area (Å²) >= 11 is 15.0. The van der Waals surface area contributed by atoms with Gasteiger partial charge >= 0.3 is 0 Å². The van der Waals surface area contributed by atoms with Gasteiger partial charge in [-0.25, -0.2) is 4.39 Å². The average molecular weight is 378 g/mol. The van der Waals surface area contributed by atoms with Crippen LogP contribution in [0.2, 0.25) is 10.0 Å². The summed E-state index contributed by atoms with van der Waals surface area (Å²) in [5.74, 6) is -0.168. The molecule has 0 radical (unpaired) electrons. The van der Waals surface area contributed by atoms with Gasteiger partial charge in [-0.15, -0.1) is 0 Å². The number of hydrogen-bond donors (Lipinski definition) is 0. The zero-order valence-corrected chi connectivity index (χ0v) is 13.1. The van der Waals surface area contributed by atoms with Crippen LogP contribution in [-0.4, -0.2) is 6.29 Å². The highest BCUT2D eigenvalue weighted by molar-refractivity contribution is 9.10. The van der Waals surface area contributed by atoms with E-state index in [9.17, 15) is 9.18 Å². The van der Waals surface area contributed by atoms with E-state index < -0.39 is 5.82 Å². The van der Waals surface area contributed by atoms with E-state index in [1.807, 2.05) is 0 Å². The van der Waals surface area contributed by atoms with Gasteiger partial charge in [0.25, 0.3) is 0 Å². The van der Waals surface area contributed by atoms with Crippen molar-refractivity contribution in [1.29, 1.82) is 0 Å². The van der Waals surface area contributed by atoms with Crippen molar-refractivity contribution in [2.24, 2.45) is 0 Å². The summed E-state index contributed by atoms with van der Waals surface area (Å²) in [5, 5.41) is 0.665. The molecule has 104 valence electrons. The summed E-state index contributed by atoms with van der Waals surface area (Å²) in [7, 11) is 0. The zero-order valence-electron chi connectivity index (χ0n) is 10.00. The lowest BCUT2D eigenvalue weighted by molar-refractivity contribution is 0.111. The Hall–Kier alpha value is -1.10. The monoisotopic (exact) mass is 376 g/mol. The van der Waals surface area contributed by atoms with Crippen LogP contribution in [0.25, 0.3) is 0 Å². The molecule has 0 heterocycles. The van der Waals surface area contributed by atoms with Crippen molar-refractivity contribution in [3.63, 3.8) is 0 Å². The van der Waals surface area contributed by atoms with E-state index in [4.69, 9.17) is 27.9 Å². The quantitative estimate of drug-likeness (QED) is 0.677. The second kappa shape index (κ2) is 6.57. The fourth-order valence-corrected chi connectivity index (χ4v) is 2.80. The first-order valence-electron chi connectivity index (χ1n) is 5.53. The molecule has 2 rings (SSSR count). The molecule has 2 nitrogen and oxygen atoms in total. The van der Waals surface area contributed by atoms with E-state index in [0.29, 0.717) is 21.5 Å². The lowest BCUT2D eigenvalue weighted by Gasteiger charge is -2.12. The Morgan fingerprint density at radius 2 is 2.05 bits per heavy atom. The van der Waals surface area contributed by atoms with Gasteiger partial charge in [-0.05, 0) is 40.2 Å².